The Morgan fingerprint density at radius 2 is 2.26 bits per heavy atom. The summed E-state index contributed by atoms with van der Waals surface area (Å²) in [7, 11) is 0. The number of carbonyl (C=O) groups excluding carboxylic acids is 1. The third-order valence-electron chi connectivity index (χ3n) is 3.74. The Morgan fingerprint density at radius 3 is 2.84 bits per heavy atom. The molecule has 19 heavy (non-hydrogen) atoms. The molecule has 2 saturated heterocycles. The van der Waals surface area contributed by atoms with Gasteiger partial charge in [0, 0.05) is 24.3 Å². The number of carboxylic acids is 1. The highest BCUT2D eigenvalue weighted by molar-refractivity contribution is 8.00. The van der Waals surface area contributed by atoms with E-state index >= 15 is 0 Å². The molecule has 2 rings (SSSR count). The largest absolute Gasteiger partial charge is 0.480 e. The molecule has 2 amide bonds. The number of aliphatic hydroxyl groups excluding tert-OH is 1. The van der Waals surface area contributed by atoms with E-state index in [0.29, 0.717) is 6.54 Å². The van der Waals surface area contributed by atoms with Crippen LogP contribution in [0.1, 0.15) is 26.2 Å². The van der Waals surface area contributed by atoms with Crippen molar-refractivity contribution < 1.29 is 19.8 Å². The number of thioether (sulfide) groups is 1. The fourth-order valence-electron chi connectivity index (χ4n) is 2.61. The molecule has 2 aliphatic rings. The van der Waals surface area contributed by atoms with E-state index in [9.17, 15) is 14.7 Å². The molecule has 3 atom stereocenters. The van der Waals surface area contributed by atoms with Gasteiger partial charge in [-0.3, -0.25) is 0 Å². The molecule has 3 N–H and O–H groups in total. The highest BCUT2D eigenvalue weighted by Crippen LogP contribution is 2.37. The van der Waals surface area contributed by atoms with Gasteiger partial charge < -0.3 is 20.4 Å². The number of likely N-dealkylation sites (tertiary alicyclic amines) is 1. The third kappa shape index (κ3) is 3.33. The van der Waals surface area contributed by atoms with Crippen LogP contribution >= 0.6 is 11.8 Å². The zero-order valence-electron chi connectivity index (χ0n) is 11.0. The predicted molar refractivity (Wildman–Crippen MR) is 72.2 cm³/mol. The molecule has 0 radical (unpaired) electrons. The lowest BCUT2D eigenvalue weighted by atomic mass is 10.1. The Morgan fingerprint density at radius 1 is 1.53 bits per heavy atom. The fraction of sp³-hybridized carbons (Fsp3) is 0.833. The highest BCUT2D eigenvalue weighted by Gasteiger charge is 2.39. The molecule has 108 valence electrons. The van der Waals surface area contributed by atoms with Gasteiger partial charge in [0.1, 0.15) is 6.04 Å². The van der Waals surface area contributed by atoms with Crippen LogP contribution in [0.4, 0.5) is 4.79 Å². The van der Waals surface area contributed by atoms with Crippen LogP contribution in [0.3, 0.4) is 0 Å². The Labute approximate surface area is 116 Å². The lowest BCUT2D eigenvalue weighted by Crippen LogP contribution is -2.49. The van der Waals surface area contributed by atoms with Gasteiger partial charge in [0.2, 0.25) is 0 Å². The molecule has 2 aliphatic heterocycles. The highest BCUT2D eigenvalue weighted by atomic mass is 32.2. The first kappa shape index (κ1) is 14.5. The normalized spacial score (nSPS) is 34.5. The van der Waals surface area contributed by atoms with Crippen molar-refractivity contribution in [2.24, 2.45) is 0 Å². The quantitative estimate of drug-likeness (QED) is 0.703. The molecule has 2 heterocycles. The number of urea groups is 1. The predicted octanol–water partition coefficient (Wildman–Crippen LogP) is 0.501. The van der Waals surface area contributed by atoms with Crippen molar-refractivity contribution in [3.05, 3.63) is 0 Å². The van der Waals surface area contributed by atoms with Crippen LogP contribution < -0.4 is 5.32 Å². The van der Waals surface area contributed by atoms with E-state index < -0.39 is 24.1 Å². The van der Waals surface area contributed by atoms with E-state index in [0.717, 1.165) is 18.6 Å². The average Bonchev–Trinajstić information content (AvgIpc) is 2.93. The minimum absolute atomic E-state index is 0.0483. The number of aliphatic carboxylic acids is 1. The Hall–Kier alpha value is -0.950. The van der Waals surface area contributed by atoms with Crippen molar-refractivity contribution >= 4 is 23.8 Å². The second-order valence-electron chi connectivity index (χ2n) is 5.46. The number of hydrogen-bond donors (Lipinski definition) is 3. The number of nitrogens with one attached hydrogen (secondary N) is 1. The maximum atomic E-state index is 12.0. The number of carboxylic acid groups (broad SMARTS) is 1. The van der Waals surface area contributed by atoms with Crippen molar-refractivity contribution in [3.8, 4) is 0 Å². The van der Waals surface area contributed by atoms with Crippen LogP contribution in [-0.2, 0) is 4.79 Å². The number of β-amino-alcohol motifs (C(OH)–C–C–N with tert-alkyl or cyclic N) is 1. The monoisotopic (exact) mass is 288 g/mol. The third-order valence-corrected chi connectivity index (χ3v) is 5.28. The summed E-state index contributed by atoms with van der Waals surface area (Å²) < 4.78 is 0.0483. The second-order valence-corrected chi connectivity index (χ2v) is 7.14. The number of carbonyl (C=O) groups is 2. The van der Waals surface area contributed by atoms with E-state index in [-0.39, 0.29) is 17.7 Å². The van der Waals surface area contributed by atoms with Crippen molar-refractivity contribution in [2.75, 3.05) is 18.8 Å². The molecule has 0 aromatic rings. The molecule has 0 saturated carbocycles. The molecule has 2 fully saturated rings. The Balaban J connectivity index is 1.90. The van der Waals surface area contributed by atoms with Crippen LogP contribution in [0.5, 0.6) is 0 Å². The Bertz CT molecular complexity index is 371. The molecule has 0 aliphatic carbocycles. The van der Waals surface area contributed by atoms with Gasteiger partial charge in [0.15, 0.2) is 0 Å². The van der Waals surface area contributed by atoms with Gasteiger partial charge in [0.05, 0.1) is 6.10 Å². The lowest BCUT2D eigenvalue weighted by molar-refractivity contribution is -0.141. The SMILES string of the molecule is CC1(CNC(=O)N2CC(O)CC2C(=O)O)CCCS1. The topological polar surface area (TPSA) is 89.9 Å². The van der Waals surface area contributed by atoms with E-state index in [2.05, 4.69) is 12.2 Å². The van der Waals surface area contributed by atoms with Crippen LogP contribution in [0.2, 0.25) is 0 Å². The van der Waals surface area contributed by atoms with Crippen LogP contribution in [0.25, 0.3) is 0 Å². The summed E-state index contributed by atoms with van der Waals surface area (Å²) in [6.45, 7) is 2.74. The first-order valence-corrected chi connectivity index (χ1v) is 7.49. The van der Waals surface area contributed by atoms with Crippen molar-refractivity contribution in [1.29, 1.82) is 0 Å². The van der Waals surface area contributed by atoms with Gasteiger partial charge >= 0.3 is 12.0 Å². The van der Waals surface area contributed by atoms with Gasteiger partial charge in [-0.2, -0.15) is 11.8 Å². The van der Waals surface area contributed by atoms with Gasteiger partial charge in [0.25, 0.3) is 0 Å². The number of hydrogen-bond acceptors (Lipinski definition) is 4. The van der Waals surface area contributed by atoms with Crippen LogP contribution in [0.15, 0.2) is 0 Å². The van der Waals surface area contributed by atoms with E-state index in [1.807, 2.05) is 11.8 Å². The summed E-state index contributed by atoms with van der Waals surface area (Å²) in [5.41, 5.74) is 0. The lowest BCUT2D eigenvalue weighted by Gasteiger charge is -2.26. The van der Waals surface area contributed by atoms with Crippen molar-refractivity contribution in [3.63, 3.8) is 0 Å². The maximum Gasteiger partial charge on any atom is 0.326 e. The standard InChI is InChI=1S/C12H20N2O4S/c1-12(3-2-4-19-12)7-13-11(18)14-6-8(15)5-9(14)10(16)17/h8-9,15H,2-7H2,1H3,(H,13,18)(H,16,17). The summed E-state index contributed by atoms with van der Waals surface area (Å²) in [6.07, 6.45) is 1.57. The summed E-state index contributed by atoms with van der Waals surface area (Å²) in [6, 6.07) is -1.31. The molecule has 6 nitrogen and oxygen atoms in total. The summed E-state index contributed by atoms with van der Waals surface area (Å²) >= 11 is 1.84. The van der Waals surface area contributed by atoms with E-state index in [1.54, 1.807) is 0 Å². The summed E-state index contributed by atoms with van der Waals surface area (Å²) in [5, 5.41) is 21.4. The molecule has 0 spiro atoms. The van der Waals surface area contributed by atoms with Crippen molar-refractivity contribution in [2.45, 2.75) is 43.1 Å². The van der Waals surface area contributed by atoms with Gasteiger partial charge in [-0.1, -0.05) is 0 Å². The molecule has 0 aromatic heterocycles. The molecular weight excluding hydrogens is 268 g/mol. The number of nitrogens with zero attached hydrogens (tertiary/aromatic N) is 1. The molecule has 3 unspecified atom stereocenters. The molecular formula is C12H20N2O4S. The number of aliphatic hydroxyl groups is 1. The zero-order chi connectivity index (χ0) is 14.0. The molecule has 0 bridgehead atoms. The van der Waals surface area contributed by atoms with Gasteiger partial charge in [-0.15, -0.1) is 0 Å². The van der Waals surface area contributed by atoms with Gasteiger partial charge in [-0.05, 0) is 25.5 Å². The van der Waals surface area contributed by atoms with Gasteiger partial charge in [-0.25, -0.2) is 9.59 Å². The Kier molecular flexibility index (Phi) is 4.25. The first-order valence-electron chi connectivity index (χ1n) is 6.50. The van der Waals surface area contributed by atoms with Crippen LogP contribution in [0, 0.1) is 0 Å². The van der Waals surface area contributed by atoms with E-state index in [1.165, 1.54) is 4.90 Å². The fourth-order valence-corrected chi connectivity index (χ4v) is 3.86. The summed E-state index contributed by atoms with van der Waals surface area (Å²) in [5.74, 6) is 0.0418. The number of rotatable bonds is 3. The molecule has 0 aromatic carbocycles. The zero-order valence-corrected chi connectivity index (χ0v) is 11.8. The van der Waals surface area contributed by atoms with Crippen LogP contribution in [-0.4, -0.2) is 62.8 Å². The number of amides is 2. The minimum Gasteiger partial charge on any atom is -0.480 e. The smallest absolute Gasteiger partial charge is 0.326 e. The molecule has 7 heteroatoms. The first-order chi connectivity index (χ1) is 8.91. The van der Waals surface area contributed by atoms with Crippen molar-refractivity contribution in [1.82, 2.24) is 10.2 Å². The second kappa shape index (κ2) is 5.58. The summed E-state index contributed by atoms with van der Waals surface area (Å²) in [4.78, 5) is 24.3. The van der Waals surface area contributed by atoms with E-state index in [4.69, 9.17) is 5.11 Å². The minimum atomic E-state index is -1.06. The maximum absolute atomic E-state index is 12.0. The average molecular weight is 288 g/mol.